The molecule has 0 aromatic heterocycles. The van der Waals surface area contributed by atoms with Crippen molar-refractivity contribution in [3.63, 3.8) is 0 Å². The van der Waals surface area contributed by atoms with Crippen molar-refractivity contribution in [2.45, 2.75) is 6.92 Å². The van der Waals surface area contributed by atoms with E-state index in [0.29, 0.717) is 16.8 Å². The third-order valence-corrected chi connectivity index (χ3v) is 5.39. The molecule has 0 atom stereocenters. The van der Waals surface area contributed by atoms with Crippen LogP contribution < -0.4 is 20.2 Å². The molecule has 0 bridgehead atoms. The molecule has 0 spiro atoms. The van der Waals surface area contributed by atoms with Gasteiger partial charge < -0.3 is 14.8 Å². The lowest BCUT2D eigenvalue weighted by molar-refractivity contribution is -0.136. The van der Waals surface area contributed by atoms with Crippen LogP contribution in [0.1, 0.15) is 31.8 Å². The Morgan fingerprint density at radius 2 is 1.28 bits per heavy atom. The molecule has 4 rings (SSSR count). The molecule has 0 saturated heterocycles. The highest BCUT2D eigenvalue weighted by Crippen LogP contribution is 2.26. The van der Waals surface area contributed by atoms with Crippen molar-refractivity contribution in [2.75, 3.05) is 5.32 Å². The van der Waals surface area contributed by atoms with E-state index in [0.717, 1.165) is 5.56 Å². The van der Waals surface area contributed by atoms with Gasteiger partial charge >= 0.3 is 23.8 Å². The van der Waals surface area contributed by atoms with Crippen LogP contribution in [0.5, 0.6) is 11.5 Å². The molecule has 9 heteroatoms. The maximum Gasteiger partial charge on any atom is 0.343 e. The van der Waals surface area contributed by atoms with Crippen LogP contribution in [0.4, 0.5) is 5.69 Å². The summed E-state index contributed by atoms with van der Waals surface area (Å²) < 4.78 is 11.0. The Bertz CT molecular complexity index is 1540. The van der Waals surface area contributed by atoms with E-state index in [4.69, 9.17) is 9.47 Å². The SMILES string of the molecule is Cc1ccccc1NC(=O)C(=O)N/N=C\c1ccc(OC(=O)c2ccccc2)cc1OC(=O)c1ccccc1. The number of hydrogen-bond acceptors (Lipinski definition) is 7. The number of nitrogens with zero attached hydrogens (tertiary/aromatic N) is 1. The number of nitrogens with one attached hydrogen (secondary N) is 2. The number of para-hydroxylation sites is 1. The van der Waals surface area contributed by atoms with Crippen LogP contribution in [0.2, 0.25) is 0 Å². The van der Waals surface area contributed by atoms with Crippen LogP contribution in [0, 0.1) is 6.92 Å². The smallest absolute Gasteiger partial charge is 0.343 e. The molecular weight excluding hydrogens is 498 g/mol. The van der Waals surface area contributed by atoms with Gasteiger partial charge in [-0.05, 0) is 55.0 Å². The molecular formula is C30H23N3O6. The first-order chi connectivity index (χ1) is 18.9. The van der Waals surface area contributed by atoms with Gasteiger partial charge in [-0.15, -0.1) is 0 Å². The molecule has 0 saturated carbocycles. The molecule has 0 aliphatic heterocycles. The van der Waals surface area contributed by atoms with E-state index in [9.17, 15) is 19.2 Å². The number of hydrazone groups is 1. The molecule has 4 aromatic carbocycles. The molecule has 39 heavy (non-hydrogen) atoms. The minimum atomic E-state index is -0.995. The van der Waals surface area contributed by atoms with Crippen LogP contribution in [-0.4, -0.2) is 30.0 Å². The number of aryl methyl sites for hydroxylation is 1. The lowest BCUT2D eigenvalue weighted by Crippen LogP contribution is -2.32. The average Bonchev–Trinajstić information content (AvgIpc) is 2.96. The van der Waals surface area contributed by atoms with Crippen LogP contribution in [0.15, 0.2) is 108 Å². The summed E-state index contributed by atoms with van der Waals surface area (Å²) in [5.41, 5.74) is 4.35. The van der Waals surface area contributed by atoms with Gasteiger partial charge in [0.1, 0.15) is 11.5 Å². The fourth-order valence-electron chi connectivity index (χ4n) is 3.35. The number of carbonyl (C=O) groups is 4. The van der Waals surface area contributed by atoms with Gasteiger partial charge in [0, 0.05) is 17.3 Å². The zero-order chi connectivity index (χ0) is 27.6. The summed E-state index contributed by atoms with van der Waals surface area (Å²) in [6.07, 6.45) is 1.20. The topological polar surface area (TPSA) is 123 Å². The number of amides is 2. The quantitative estimate of drug-likeness (QED) is 0.121. The molecule has 9 nitrogen and oxygen atoms in total. The first kappa shape index (κ1) is 26.5. The maximum atomic E-state index is 12.7. The Balaban J connectivity index is 1.50. The Kier molecular flexibility index (Phi) is 8.56. The van der Waals surface area contributed by atoms with E-state index in [1.54, 1.807) is 85.8 Å². The van der Waals surface area contributed by atoms with Crippen molar-refractivity contribution in [1.82, 2.24) is 5.43 Å². The van der Waals surface area contributed by atoms with Crippen molar-refractivity contribution < 1.29 is 28.7 Å². The molecule has 0 heterocycles. The van der Waals surface area contributed by atoms with Gasteiger partial charge in [0.2, 0.25) is 0 Å². The molecule has 0 radical (unpaired) electrons. The van der Waals surface area contributed by atoms with Crippen LogP contribution in [0.3, 0.4) is 0 Å². The predicted molar refractivity (Wildman–Crippen MR) is 145 cm³/mol. The van der Waals surface area contributed by atoms with Crippen molar-refractivity contribution in [3.05, 3.63) is 125 Å². The molecule has 0 unspecified atom stereocenters. The molecule has 2 N–H and O–H groups in total. The highest BCUT2D eigenvalue weighted by atomic mass is 16.5. The summed E-state index contributed by atoms with van der Waals surface area (Å²) in [5, 5.41) is 6.33. The van der Waals surface area contributed by atoms with Gasteiger partial charge in [-0.25, -0.2) is 15.0 Å². The monoisotopic (exact) mass is 521 g/mol. The molecule has 0 aliphatic rings. The van der Waals surface area contributed by atoms with E-state index in [1.807, 2.05) is 6.07 Å². The second-order valence-corrected chi connectivity index (χ2v) is 8.18. The van der Waals surface area contributed by atoms with Gasteiger partial charge in [-0.1, -0.05) is 54.6 Å². The van der Waals surface area contributed by atoms with E-state index >= 15 is 0 Å². The number of hydrogen-bond donors (Lipinski definition) is 2. The van der Waals surface area contributed by atoms with Crippen LogP contribution in [-0.2, 0) is 9.59 Å². The first-order valence-electron chi connectivity index (χ1n) is 11.8. The van der Waals surface area contributed by atoms with Crippen molar-refractivity contribution >= 4 is 35.7 Å². The zero-order valence-corrected chi connectivity index (χ0v) is 20.8. The van der Waals surface area contributed by atoms with Crippen LogP contribution in [0.25, 0.3) is 0 Å². The number of carbonyl (C=O) groups excluding carboxylic acids is 4. The minimum Gasteiger partial charge on any atom is -0.423 e. The Labute approximate surface area is 224 Å². The van der Waals surface area contributed by atoms with E-state index in [-0.39, 0.29) is 17.1 Å². The Hall–Kier alpha value is -5.57. The van der Waals surface area contributed by atoms with E-state index < -0.39 is 23.8 Å². The van der Waals surface area contributed by atoms with E-state index in [2.05, 4.69) is 15.8 Å². The zero-order valence-electron chi connectivity index (χ0n) is 20.8. The maximum absolute atomic E-state index is 12.7. The highest BCUT2D eigenvalue weighted by molar-refractivity contribution is 6.39. The molecule has 0 aliphatic carbocycles. The number of rotatable bonds is 7. The highest BCUT2D eigenvalue weighted by Gasteiger charge is 2.16. The van der Waals surface area contributed by atoms with Crippen LogP contribution >= 0.6 is 0 Å². The second kappa shape index (κ2) is 12.6. The molecule has 2 amide bonds. The standard InChI is InChI=1S/C30H23N3O6/c1-20-10-8-9-15-25(20)32-27(34)28(35)33-31-19-23-16-17-24(38-29(36)21-11-4-2-5-12-21)18-26(23)39-30(37)22-13-6-3-7-14-22/h2-19H,1H3,(H,32,34)(H,33,35)/b31-19-. The fraction of sp³-hybridized carbons (Fsp3) is 0.0333. The minimum absolute atomic E-state index is 0.0181. The Morgan fingerprint density at radius 3 is 1.92 bits per heavy atom. The van der Waals surface area contributed by atoms with Crippen molar-refractivity contribution in [1.29, 1.82) is 0 Å². The van der Waals surface area contributed by atoms with Crippen molar-refractivity contribution in [2.24, 2.45) is 5.10 Å². The summed E-state index contributed by atoms with van der Waals surface area (Å²) in [6.45, 7) is 1.80. The lowest BCUT2D eigenvalue weighted by Gasteiger charge is -2.11. The number of ether oxygens (including phenoxy) is 2. The summed E-state index contributed by atoms with van der Waals surface area (Å²) in [6, 6.07) is 28.1. The summed E-state index contributed by atoms with van der Waals surface area (Å²) in [4.78, 5) is 49.6. The van der Waals surface area contributed by atoms with Gasteiger partial charge in [0.05, 0.1) is 17.3 Å². The normalized spacial score (nSPS) is 10.5. The number of benzene rings is 4. The predicted octanol–water partition coefficient (Wildman–Crippen LogP) is 4.52. The lowest BCUT2D eigenvalue weighted by atomic mass is 10.2. The average molecular weight is 522 g/mol. The Morgan fingerprint density at radius 1 is 0.692 bits per heavy atom. The largest absolute Gasteiger partial charge is 0.423 e. The summed E-state index contributed by atoms with van der Waals surface area (Å²) in [7, 11) is 0. The van der Waals surface area contributed by atoms with Crippen molar-refractivity contribution in [3.8, 4) is 11.5 Å². The van der Waals surface area contributed by atoms with Gasteiger partial charge in [0.25, 0.3) is 0 Å². The van der Waals surface area contributed by atoms with Gasteiger partial charge in [-0.3, -0.25) is 9.59 Å². The first-order valence-corrected chi connectivity index (χ1v) is 11.8. The second-order valence-electron chi connectivity index (χ2n) is 8.18. The molecule has 4 aromatic rings. The van der Waals surface area contributed by atoms with E-state index in [1.165, 1.54) is 24.4 Å². The fourth-order valence-corrected chi connectivity index (χ4v) is 3.35. The number of anilines is 1. The third-order valence-electron chi connectivity index (χ3n) is 5.39. The third kappa shape index (κ3) is 7.23. The van der Waals surface area contributed by atoms with Gasteiger partial charge in [-0.2, -0.15) is 5.10 Å². The van der Waals surface area contributed by atoms with Gasteiger partial charge in [0.15, 0.2) is 0 Å². The summed E-state index contributed by atoms with van der Waals surface area (Å²) in [5.74, 6) is -3.00. The number of esters is 2. The summed E-state index contributed by atoms with van der Waals surface area (Å²) >= 11 is 0. The molecule has 0 fully saturated rings. The molecule has 194 valence electrons.